The van der Waals surface area contributed by atoms with Gasteiger partial charge >= 0.3 is 5.97 Å². The van der Waals surface area contributed by atoms with Gasteiger partial charge in [-0.15, -0.1) is 0 Å². The highest BCUT2D eigenvalue weighted by atomic mass is 16.4. The average molecular weight is 314 g/mol. The largest absolute Gasteiger partial charge is 0.507 e. The minimum atomic E-state index is -1.20. The Morgan fingerprint density at radius 1 is 1.09 bits per heavy atom. The number of hydrazine groups is 1. The summed E-state index contributed by atoms with van der Waals surface area (Å²) in [6.45, 7) is 0.143. The lowest BCUT2D eigenvalue weighted by molar-refractivity contribution is -0.132. The molecule has 2 rings (SSSR count). The van der Waals surface area contributed by atoms with Gasteiger partial charge in [0, 0.05) is 19.2 Å². The zero-order chi connectivity index (χ0) is 16.8. The zero-order valence-electron chi connectivity index (χ0n) is 12.7. The molecule has 2 aromatic rings. The first-order valence-corrected chi connectivity index (χ1v) is 7.07. The van der Waals surface area contributed by atoms with E-state index in [0.717, 1.165) is 5.56 Å². The average Bonchev–Trinajstić information content (AvgIpc) is 2.54. The first kappa shape index (κ1) is 16.5. The second-order valence-electron chi connectivity index (χ2n) is 5.07. The lowest BCUT2D eigenvalue weighted by Gasteiger charge is -2.19. The van der Waals surface area contributed by atoms with E-state index in [1.54, 1.807) is 19.2 Å². The van der Waals surface area contributed by atoms with Gasteiger partial charge in [-0.05, 0) is 11.6 Å². The van der Waals surface area contributed by atoms with E-state index in [9.17, 15) is 14.7 Å². The van der Waals surface area contributed by atoms with Crippen molar-refractivity contribution in [3.63, 3.8) is 0 Å². The molecular weight excluding hydrogens is 296 g/mol. The van der Waals surface area contributed by atoms with Crippen molar-refractivity contribution < 1.29 is 19.8 Å². The smallest absolute Gasteiger partial charge is 0.339 e. The van der Waals surface area contributed by atoms with Crippen molar-refractivity contribution in [2.24, 2.45) is 0 Å². The van der Waals surface area contributed by atoms with Gasteiger partial charge in [0.2, 0.25) is 5.91 Å². The van der Waals surface area contributed by atoms with Crippen LogP contribution in [0.2, 0.25) is 0 Å². The van der Waals surface area contributed by atoms with E-state index >= 15 is 0 Å². The third-order valence-electron chi connectivity index (χ3n) is 3.43. The number of aromatic carboxylic acids is 1. The monoisotopic (exact) mass is 314 g/mol. The molecule has 3 N–H and O–H groups in total. The number of benzene rings is 2. The highest BCUT2D eigenvalue weighted by molar-refractivity contribution is 5.91. The molecule has 0 fully saturated rings. The van der Waals surface area contributed by atoms with Gasteiger partial charge < -0.3 is 10.2 Å². The van der Waals surface area contributed by atoms with Crippen LogP contribution in [0.15, 0.2) is 48.5 Å². The van der Waals surface area contributed by atoms with Crippen molar-refractivity contribution >= 4 is 11.9 Å². The predicted octanol–water partition coefficient (Wildman–Crippen LogP) is 1.80. The molecule has 120 valence electrons. The zero-order valence-corrected chi connectivity index (χ0v) is 12.7. The lowest BCUT2D eigenvalue weighted by Crippen LogP contribution is -2.40. The van der Waals surface area contributed by atoms with Crippen LogP contribution >= 0.6 is 0 Å². The first-order chi connectivity index (χ1) is 11.0. The number of phenols is 1. The number of hydrogen-bond acceptors (Lipinski definition) is 4. The summed E-state index contributed by atoms with van der Waals surface area (Å²) in [6, 6.07) is 13.8. The van der Waals surface area contributed by atoms with Gasteiger partial charge in [-0.25, -0.2) is 10.2 Å². The van der Waals surface area contributed by atoms with Gasteiger partial charge in [-0.3, -0.25) is 9.80 Å². The molecule has 0 unspecified atom stereocenters. The number of likely N-dealkylation sites (N-methyl/N-ethyl adjacent to an activating group) is 1. The van der Waals surface area contributed by atoms with Crippen LogP contribution in [0.1, 0.15) is 21.5 Å². The molecule has 0 aliphatic rings. The third kappa shape index (κ3) is 4.31. The fourth-order valence-corrected chi connectivity index (χ4v) is 2.09. The Morgan fingerprint density at radius 3 is 2.43 bits per heavy atom. The van der Waals surface area contributed by atoms with Gasteiger partial charge in [0.1, 0.15) is 11.3 Å². The number of para-hydroxylation sites is 1. The standard InChI is InChI=1S/C17H18N2O4/c1-19(15(20)10-12-6-3-2-4-7-12)18-11-13-8-5-9-14(16(13)21)17(22)23/h2-9,18,21H,10-11H2,1H3,(H,22,23). The van der Waals surface area contributed by atoms with Gasteiger partial charge in [0.25, 0.3) is 0 Å². The van der Waals surface area contributed by atoms with E-state index in [1.807, 2.05) is 30.3 Å². The second-order valence-corrected chi connectivity index (χ2v) is 5.07. The summed E-state index contributed by atoms with van der Waals surface area (Å²) in [6.07, 6.45) is 0.255. The number of aromatic hydroxyl groups is 1. The molecule has 0 aromatic heterocycles. The van der Waals surface area contributed by atoms with Crippen LogP contribution < -0.4 is 5.43 Å². The summed E-state index contributed by atoms with van der Waals surface area (Å²) in [7, 11) is 1.59. The van der Waals surface area contributed by atoms with E-state index < -0.39 is 5.97 Å². The minimum Gasteiger partial charge on any atom is -0.507 e. The van der Waals surface area contributed by atoms with Crippen LogP contribution in [-0.2, 0) is 17.8 Å². The molecule has 23 heavy (non-hydrogen) atoms. The number of carbonyl (C=O) groups is 2. The predicted molar refractivity (Wildman–Crippen MR) is 84.8 cm³/mol. The molecule has 0 atom stereocenters. The van der Waals surface area contributed by atoms with Gasteiger partial charge in [-0.2, -0.15) is 0 Å². The Bertz CT molecular complexity index is 701. The minimum absolute atomic E-state index is 0.134. The number of carbonyl (C=O) groups excluding carboxylic acids is 1. The highest BCUT2D eigenvalue weighted by Gasteiger charge is 2.14. The molecule has 0 aliphatic heterocycles. The fraction of sp³-hybridized carbons (Fsp3) is 0.176. The second kappa shape index (κ2) is 7.42. The molecule has 6 heteroatoms. The number of nitrogens with one attached hydrogen (secondary N) is 1. The van der Waals surface area contributed by atoms with E-state index in [-0.39, 0.29) is 30.2 Å². The molecule has 6 nitrogen and oxygen atoms in total. The summed E-state index contributed by atoms with van der Waals surface area (Å²) in [5.41, 5.74) is 4.00. The summed E-state index contributed by atoms with van der Waals surface area (Å²) < 4.78 is 0. The number of rotatable bonds is 6. The van der Waals surface area contributed by atoms with Gasteiger partial charge in [0.05, 0.1) is 6.42 Å². The van der Waals surface area contributed by atoms with Crippen LogP contribution in [-0.4, -0.2) is 34.1 Å². The Balaban J connectivity index is 1.96. The van der Waals surface area contributed by atoms with E-state index in [4.69, 9.17) is 5.11 Å². The van der Waals surface area contributed by atoms with E-state index in [2.05, 4.69) is 5.43 Å². The van der Waals surface area contributed by atoms with Crippen molar-refractivity contribution in [3.8, 4) is 5.75 Å². The van der Waals surface area contributed by atoms with Crippen molar-refractivity contribution in [1.29, 1.82) is 0 Å². The Hall–Kier alpha value is -2.86. The normalized spacial score (nSPS) is 10.3. The van der Waals surface area contributed by atoms with E-state index in [1.165, 1.54) is 11.1 Å². The molecule has 0 aliphatic carbocycles. The maximum atomic E-state index is 12.1. The molecule has 0 spiro atoms. The van der Waals surface area contributed by atoms with E-state index in [0.29, 0.717) is 5.56 Å². The van der Waals surface area contributed by atoms with Crippen molar-refractivity contribution in [1.82, 2.24) is 10.4 Å². The molecular formula is C17H18N2O4. The van der Waals surface area contributed by atoms with Crippen molar-refractivity contribution in [2.75, 3.05) is 7.05 Å². The van der Waals surface area contributed by atoms with Crippen LogP contribution in [0, 0.1) is 0 Å². The number of hydrogen-bond donors (Lipinski definition) is 3. The number of amides is 1. The molecule has 1 amide bonds. The van der Waals surface area contributed by atoms with Crippen molar-refractivity contribution in [2.45, 2.75) is 13.0 Å². The topological polar surface area (TPSA) is 89.9 Å². The Kier molecular flexibility index (Phi) is 5.32. The number of nitrogens with zero attached hydrogens (tertiary/aromatic N) is 1. The number of carboxylic acid groups (broad SMARTS) is 1. The molecule has 0 bridgehead atoms. The SMILES string of the molecule is CN(NCc1cccc(C(=O)O)c1O)C(=O)Cc1ccccc1. The molecule has 0 saturated heterocycles. The van der Waals surface area contributed by atoms with Crippen LogP contribution in [0.3, 0.4) is 0 Å². The molecule has 0 heterocycles. The summed E-state index contributed by atoms with van der Waals surface area (Å²) in [5.74, 6) is -1.63. The fourth-order valence-electron chi connectivity index (χ4n) is 2.09. The molecule has 0 saturated carbocycles. The van der Waals surface area contributed by atoms with Crippen molar-refractivity contribution in [3.05, 3.63) is 65.2 Å². The van der Waals surface area contributed by atoms with Crippen LogP contribution in [0.4, 0.5) is 0 Å². The number of carboxylic acids is 1. The third-order valence-corrected chi connectivity index (χ3v) is 3.43. The highest BCUT2D eigenvalue weighted by Crippen LogP contribution is 2.22. The molecule has 2 aromatic carbocycles. The maximum Gasteiger partial charge on any atom is 0.339 e. The Morgan fingerprint density at radius 2 is 1.78 bits per heavy atom. The molecule has 0 radical (unpaired) electrons. The summed E-state index contributed by atoms with van der Waals surface area (Å²) in [4.78, 5) is 23.1. The van der Waals surface area contributed by atoms with Gasteiger partial charge in [0.15, 0.2) is 0 Å². The summed E-state index contributed by atoms with van der Waals surface area (Å²) in [5, 5.41) is 20.2. The quantitative estimate of drug-likeness (QED) is 0.707. The van der Waals surface area contributed by atoms with Gasteiger partial charge in [-0.1, -0.05) is 42.5 Å². The first-order valence-electron chi connectivity index (χ1n) is 7.07. The summed E-state index contributed by atoms with van der Waals surface area (Å²) >= 11 is 0. The lowest BCUT2D eigenvalue weighted by atomic mass is 10.1. The maximum absolute atomic E-state index is 12.1. The Labute approximate surface area is 134 Å². The van der Waals surface area contributed by atoms with Crippen LogP contribution in [0.25, 0.3) is 0 Å². The van der Waals surface area contributed by atoms with Crippen LogP contribution in [0.5, 0.6) is 5.75 Å².